The lowest BCUT2D eigenvalue weighted by molar-refractivity contribution is 0.304. The predicted molar refractivity (Wildman–Crippen MR) is 75.0 cm³/mol. The molecule has 2 aliphatic carbocycles. The van der Waals surface area contributed by atoms with Crippen LogP contribution in [0, 0.1) is 17.8 Å². The summed E-state index contributed by atoms with van der Waals surface area (Å²) in [6.45, 7) is 2.25. The zero-order valence-electron chi connectivity index (χ0n) is 11.6. The van der Waals surface area contributed by atoms with Crippen LogP contribution in [0.2, 0.25) is 0 Å². The molecule has 2 saturated carbocycles. The summed E-state index contributed by atoms with van der Waals surface area (Å²) in [6.07, 6.45) is 5.61. The van der Waals surface area contributed by atoms with Crippen molar-refractivity contribution in [3.05, 3.63) is 6.07 Å². The molecule has 2 fully saturated rings. The molecule has 5 heteroatoms. The van der Waals surface area contributed by atoms with Gasteiger partial charge in [-0.05, 0) is 43.9 Å². The summed E-state index contributed by atoms with van der Waals surface area (Å²) in [4.78, 5) is 8.23. The number of methoxy groups -OCH3 is 1. The number of nitrogen functional groups attached to an aromatic ring is 1. The topological polar surface area (TPSA) is 73.1 Å². The van der Waals surface area contributed by atoms with Gasteiger partial charge >= 0.3 is 0 Å². The van der Waals surface area contributed by atoms with Gasteiger partial charge in [-0.2, -0.15) is 9.97 Å². The molecule has 0 saturated heterocycles. The smallest absolute Gasteiger partial charge is 0.225 e. The fourth-order valence-electron chi connectivity index (χ4n) is 3.87. The number of nitrogens with zero attached hydrogens (tertiary/aromatic N) is 2. The van der Waals surface area contributed by atoms with Crippen molar-refractivity contribution in [2.75, 3.05) is 18.2 Å². The van der Waals surface area contributed by atoms with Gasteiger partial charge in [0.1, 0.15) is 5.82 Å². The van der Waals surface area contributed by atoms with Gasteiger partial charge in [-0.1, -0.05) is 6.42 Å². The van der Waals surface area contributed by atoms with E-state index in [0.717, 1.165) is 23.6 Å². The van der Waals surface area contributed by atoms with Crippen LogP contribution in [0.1, 0.15) is 32.6 Å². The maximum absolute atomic E-state index is 5.68. The van der Waals surface area contributed by atoms with Crippen LogP contribution in [0.4, 0.5) is 11.8 Å². The van der Waals surface area contributed by atoms with E-state index in [4.69, 9.17) is 10.5 Å². The number of rotatable bonds is 4. The summed E-state index contributed by atoms with van der Waals surface area (Å²) in [5, 5.41) is 3.47. The molecule has 0 aromatic carbocycles. The lowest BCUT2D eigenvalue weighted by Gasteiger charge is -2.28. The average molecular weight is 262 g/mol. The van der Waals surface area contributed by atoms with Crippen LogP contribution in [-0.4, -0.2) is 23.1 Å². The summed E-state index contributed by atoms with van der Waals surface area (Å²) in [6, 6.07) is 2.23. The Morgan fingerprint density at radius 2 is 2.21 bits per heavy atom. The van der Waals surface area contributed by atoms with Gasteiger partial charge in [0, 0.05) is 12.1 Å². The lowest BCUT2D eigenvalue weighted by Crippen LogP contribution is -2.30. The molecule has 1 heterocycles. The fourth-order valence-corrected chi connectivity index (χ4v) is 3.87. The van der Waals surface area contributed by atoms with E-state index in [1.807, 2.05) is 0 Å². The average Bonchev–Trinajstić information content (AvgIpc) is 3.00. The van der Waals surface area contributed by atoms with Crippen molar-refractivity contribution in [2.24, 2.45) is 17.8 Å². The second-order valence-electron chi connectivity index (χ2n) is 5.93. The van der Waals surface area contributed by atoms with Gasteiger partial charge in [-0.15, -0.1) is 0 Å². The summed E-state index contributed by atoms with van der Waals surface area (Å²) in [7, 11) is 1.59. The zero-order chi connectivity index (χ0) is 13.4. The summed E-state index contributed by atoms with van der Waals surface area (Å²) in [5.41, 5.74) is 5.68. The number of ether oxygens (including phenoxy) is 1. The minimum Gasteiger partial charge on any atom is -0.481 e. The van der Waals surface area contributed by atoms with Gasteiger partial charge in [0.05, 0.1) is 7.11 Å². The van der Waals surface area contributed by atoms with E-state index < -0.39 is 0 Å². The second kappa shape index (κ2) is 4.87. The molecule has 4 unspecified atom stereocenters. The Morgan fingerprint density at radius 1 is 1.37 bits per heavy atom. The first-order chi connectivity index (χ1) is 9.15. The number of hydrogen-bond donors (Lipinski definition) is 2. The highest BCUT2D eigenvalue weighted by Gasteiger charge is 2.41. The predicted octanol–water partition coefficient (Wildman–Crippen LogP) is 2.30. The van der Waals surface area contributed by atoms with Crippen molar-refractivity contribution in [1.82, 2.24) is 9.97 Å². The minimum atomic E-state index is 0.252. The first-order valence-corrected chi connectivity index (χ1v) is 7.11. The van der Waals surface area contributed by atoms with Gasteiger partial charge < -0.3 is 15.8 Å². The molecule has 5 nitrogen and oxygen atoms in total. The van der Waals surface area contributed by atoms with Gasteiger partial charge in [-0.25, -0.2) is 0 Å². The van der Waals surface area contributed by atoms with E-state index >= 15 is 0 Å². The molecule has 3 N–H and O–H groups in total. The van der Waals surface area contributed by atoms with E-state index in [1.165, 1.54) is 25.7 Å². The lowest BCUT2D eigenvalue weighted by atomic mass is 9.84. The van der Waals surface area contributed by atoms with Crippen molar-refractivity contribution < 1.29 is 4.74 Å². The maximum atomic E-state index is 5.68. The molecule has 4 atom stereocenters. The molecule has 2 bridgehead atoms. The van der Waals surface area contributed by atoms with Crippen LogP contribution in [0.25, 0.3) is 0 Å². The summed E-state index contributed by atoms with van der Waals surface area (Å²) in [5.74, 6) is 4.15. The third kappa shape index (κ3) is 2.46. The van der Waals surface area contributed by atoms with E-state index in [2.05, 4.69) is 22.2 Å². The SMILES string of the molecule is COc1cc(NC(C)C2CC3CCC2C3)nc(N)n1. The molecule has 0 spiro atoms. The van der Waals surface area contributed by atoms with E-state index in [9.17, 15) is 0 Å². The third-order valence-corrected chi connectivity index (χ3v) is 4.74. The Kier molecular flexibility index (Phi) is 3.21. The van der Waals surface area contributed by atoms with Gasteiger partial charge in [0.2, 0.25) is 11.8 Å². The Hall–Kier alpha value is -1.52. The van der Waals surface area contributed by atoms with Crippen LogP contribution >= 0.6 is 0 Å². The Balaban J connectivity index is 1.69. The van der Waals surface area contributed by atoms with Crippen molar-refractivity contribution >= 4 is 11.8 Å². The normalized spacial score (nSPS) is 30.3. The number of anilines is 2. The first-order valence-electron chi connectivity index (χ1n) is 7.11. The number of fused-ring (bicyclic) bond motifs is 2. The molecular weight excluding hydrogens is 240 g/mol. The van der Waals surface area contributed by atoms with Crippen molar-refractivity contribution in [2.45, 2.75) is 38.6 Å². The molecule has 104 valence electrons. The van der Waals surface area contributed by atoms with Crippen molar-refractivity contribution in [1.29, 1.82) is 0 Å². The Labute approximate surface area is 114 Å². The number of hydrogen-bond acceptors (Lipinski definition) is 5. The molecule has 1 aromatic rings. The van der Waals surface area contributed by atoms with Gasteiger partial charge in [0.15, 0.2) is 0 Å². The van der Waals surface area contributed by atoms with Crippen LogP contribution in [0.3, 0.4) is 0 Å². The first kappa shape index (κ1) is 12.5. The molecular formula is C14H22N4O. The molecule has 0 radical (unpaired) electrons. The standard InChI is InChI=1S/C14H22N4O/c1-8(11-6-9-3-4-10(11)5-9)16-12-7-13(19-2)18-14(15)17-12/h7-11H,3-6H2,1-2H3,(H3,15,16,17,18). The van der Waals surface area contributed by atoms with Gasteiger partial charge in [0.25, 0.3) is 0 Å². The second-order valence-corrected chi connectivity index (χ2v) is 5.93. The van der Waals surface area contributed by atoms with Gasteiger partial charge in [-0.3, -0.25) is 0 Å². The quantitative estimate of drug-likeness (QED) is 0.871. The maximum Gasteiger partial charge on any atom is 0.225 e. The van der Waals surface area contributed by atoms with E-state index in [0.29, 0.717) is 11.9 Å². The Morgan fingerprint density at radius 3 is 2.84 bits per heavy atom. The zero-order valence-corrected chi connectivity index (χ0v) is 11.6. The Bertz CT molecular complexity index is 465. The fraction of sp³-hybridized carbons (Fsp3) is 0.714. The number of nitrogens with one attached hydrogen (secondary N) is 1. The minimum absolute atomic E-state index is 0.252. The van der Waals surface area contributed by atoms with Crippen molar-refractivity contribution in [3.63, 3.8) is 0 Å². The number of nitrogens with two attached hydrogens (primary N) is 1. The summed E-state index contributed by atoms with van der Waals surface area (Å²) >= 11 is 0. The largest absolute Gasteiger partial charge is 0.481 e. The highest BCUT2D eigenvalue weighted by Crippen LogP contribution is 2.49. The molecule has 19 heavy (non-hydrogen) atoms. The van der Waals surface area contributed by atoms with Crippen molar-refractivity contribution in [3.8, 4) is 5.88 Å². The van der Waals surface area contributed by atoms with Crippen LogP contribution in [-0.2, 0) is 0 Å². The molecule has 3 rings (SSSR count). The molecule has 2 aliphatic rings. The van der Waals surface area contributed by atoms with Crippen LogP contribution < -0.4 is 15.8 Å². The summed E-state index contributed by atoms with van der Waals surface area (Å²) < 4.78 is 5.12. The van der Waals surface area contributed by atoms with Crippen LogP contribution in [0.15, 0.2) is 6.07 Å². The van der Waals surface area contributed by atoms with E-state index in [1.54, 1.807) is 13.2 Å². The third-order valence-electron chi connectivity index (χ3n) is 4.74. The molecule has 1 aromatic heterocycles. The highest BCUT2D eigenvalue weighted by molar-refractivity contribution is 5.43. The van der Waals surface area contributed by atoms with E-state index in [-0.39, 0.29) is 5.95 Å². The molecule has 0 aliphatic heterocycles. The van der Waals surface area contributed by atoms with Crippen LogP contribution in [0.5, 0.6) is 5.88 Å². The highest BCUT2D eigenvalue weighted by atomic mass is 16.5. The molecule has 0 amide bonds. The number of aromatic nitrogens is 2. The monoisotopic (exact) mass is 262 g/mol.